The largest absolute Gasteiger partial charge is 0.505 e. The molecule has 2 heterocycles. The fourth-order valence-electron chi connectivity index (χ4n) is 3.79. The van der Waals surface area contributed by atoms with E-state index in [4.69, 9.17) is 27.9 Å². The van der Waals surface area contributed by atoms with Crippen LogP contribution in [0.2, 0.25) is 10.0 Å². The second-order valence-corrected chi connectivity index (χ2v) is 7.99. The van der Waals surface area contributed by atoms with Gasteiger partial charge in [0.05, 0.1) is 23.7 Å². The van der Waals surface area contributed by atoms with Crippen molar-refractivity contribution in [3.05, 3.63) is 57.1 Å². The lowest BCUT2D eigenvalue weighted by atomic mass is 9.88. The number of rotatable bonds is 4. The number of likely N-dealkylation sites (N-methyl/N-ethyl adjacent to an activating group) is 1. The lowest BCUT2D eigenvalue weighted by Gasteiger charge is -2.32. The van der Waals surface area contributed by atoms with Gasteiger partial charge in [0.2, 0.25) is 0 Å². The highest BCUT2D eigenvalue weighted by atomic mass is 35.5. The molecule has 2 N–H and O–H groups in total. The van der Waals surface area contributed by atoms with Crippen molar-refractivity contribution in [1.29, 1.82) is 0 Å². The molecule has 0 aromatic heterocycles. The Morgan fingerprint density at radius 3 is 2.40 bits per heavy atom. The van der Waals surface area contributed by atoms with Crippen LogP contribution >= 0.6 is 23.2 Å². The standard InChI is InChI=1S/C20H17Cl2N3O5/c1-24-18(28)20(23-19(24)29,11-5-14(21)16(26)15(22)6-11)9-25-8-10-3-4-12(30-2)7-13(10)17(25)27/h3-7,26H,8-9H2,1-2H3,(H,23,29)/t20-/m0/s1. The predicted molar refractivity (Wildman–Crippen MR) is 109 cm³/mol. The number of urea groups is 1. The molecule has 30 heavy (non-hydrogen) atoms. The number of carbonyl (C=O) groups is 3. The minimum Gasteiger partial charge on any atom is -0.505 e. The highest BCUT2D eigenvalue weighted by Crippen LogP contribution is 2.40. The van der Waals surface area contributed by atoms with Crippen molar-refractivity contribution in [2.24, 2.45) is 0 Å². The van der Waals surface area contributed by atoms with Crippen molar-refractivity contribution in [3.63, 3.8) is 0 Å². The van der Waals surface area contributed by atoms with Crippen molar-refractivity contribution >= 4 is 41.0 Å². The van der Waals surface area contributed by atoms with Crippen LogP contribution in [0.3, 0.4) is 0 Å². The summed E-state index contributed by atoms with van der Waals surface area (Å²) in [6.45, 7) is 0.113. The topological polar surface area (TPSA) is 99.2 Å². The number of ether oxygens (including phenoxy) is 1. The molecule has 0 spiro atoms. The molecule has 156 valence electrons. The van der Waals surface area contributed by atoms with Gasteiger partial charge >= 0.3 is 6.03 Å². The third-order valence-electron chi connectivity index (χ3n) is 5.43. The first-order chi connectivity index (χ1) is 14.2. The van der Waals surface area contributed by atoms with Crippen molar-refractivity contribution in [2.45, 2.75) is 12.1 Å². The summed E-state index contributed by atoms with van der Waals surface area (Å²) < 4.78 is 5.19. The number of halogens is 2. The number of carbonyl (C=O) groups excluding carboxylic acids is 3. The third kappa shape index (κ3) is 2.95. The fraction of sp³-hybridized carbons (Fsp3) is 0.250. The number of nitrogens with one attached hydrogen (secondary N) is 1. The highest BCUT2D eigenvalue weighted by molar-refractivity contribution is 6.37. The number of methoxy groups -OCH3 is 1. The summed E-state index contributed by atoms with van der Waals surface area (Å²) in [5.74, 6) is -0.651. The number of nitrogens with zero attached hydrogens (tertiary/aromatic N) is 2. The zero-order chi connectivity index (χ0) is 21.8. The second-order valence-electron chi connectivity index (χ2n) is 7.17. The number of hydrogen-bond donors (Lipinski definition) is 2. The van der Waals surface area contributed by atoms with E-state index in [-0.39, 0.29) is 40.4 Å². The molecule has 1 atom stereocenters. The van der Waals surface area contributed by atoms with Gasteiger partial charge in [0.25, 0.3) is 11.8 Å². The van der Waals surface area contributed by atoms with Crippen molar-refractivity contribution in [3.8, 4) is 11.5 Å². The quantitative estimate of drug-likeness (QED) is 0.699. The van der Waals surface area contributed by atoms with Gasteiger partial charge in [-0.1, -0.05) is 29.3 Å². The van der Waals surface area contributed by atoms with Gasteiger partial charge in [0.15, 0.2) is 11.3 Å². The van der Waals surface area contributed by atoms with Gasteiger partial charge in [-0.25, -0.2) is 4.79 Å². The van der Waals surface area contributed by atoms with Crippen molar-refractivity contribution in [2.75, 3.05) is 20.7 Å². The van der Waals surface area contributed by atoms with E-state index in [2.05, 4.69) is 5.32 Å². The van der Waals surface area contributed by atoms with E-state index in [1.54, 1.807) is 18.2 Å². The van der Waals surface area contributed by atoms with Crippen LogP contribution in [0, 0.1) is 0 Å². The first-order valence-electron chi connectivity index (χ1n) is 8.93. The first-order valence-corrected chi connectivity index (χ1v) is 9.68. The van der Waals surface area contributed by atoms with E-state index < -0.39 is 17.5 Å². The molecule has 0 radical (unpaired) electrons. The van der Waals surface area contributed by atoms with Crippen LogP contribution in [0.15, 0.2) is 30.3 Å². The Kier molecular flexibility index (Phi) is 4.79. The van der Waals surface area contributed by atoms with Gasteiger partial charge in [0, 0.05) is 19.2 Å². The normalized spacial score (nSPS) is 20.6. The predicted octanol–water partition coefficient (Wildman–Crippen LogP) is 2.74. The molecular formula is C20H17Cl2N3O5. The number of amides is 4. The lowest BCUT2D eigenvalue weighted by Crippen LogP contribution is -2.52. The molecule has 2 aromatic carbocycles. The number of aromatic hydroxyl groups is 1. The van der Waals surface area contributed by atoms with E-state index >= 15 is 0 Å². The maximum absolute atomic E-state index is 13.1. The average Bonchev–Trinajstić information content (AvgIpc) is 3.14. The van der Waals surface area contributed by atoms with Crippen LogP contribution in [0.4, 0.5) is 4.79 Å². The summed E-state index contributed by atoms with van der Waals surface area (Å²) in [6.07, 6.45) is 0. The molecule has 1 fully saturated rings. The zero-order valence-electron chi connectivity index (χ0n) is 16.0. The molecule has 2 aliphatic rings. The molecule has 0 unspecified atom stereocenters. The molecule has 4 rings (SSSR count). The van der Waals surface area contributed by atoms with E-state index in [1.807, 2.05) is 0 Å². The Balaban J connectivity index is 1.77. The molecule has 10 heteroatoms. The Morgan fingerprint density at radius 2 is 1.83 bits per heavy atom. The van der Waals surface area contributed by atoms with Gasteiger partial charge in [-0.2, -0.15) is 0 Å². The Morgan fingerprint density at radius 1 is 1.17 bits per heavy atom. The third-order valence-corrected chi connectivity index (χ3v) is 6.00. The number of phenolic OH excluding ortho intramolecular Hbond substituents is 1. The SMILES string of the molecule is COc1ccc2c(c1)C(=O)N(C[C@@]1(c3cc(Cl)c(O)c(Cl)c3)NC(=O)N(C)C1=O)C2. The van der Waals surface area contributed by atoms with Crippen LogP contribution in [0.25, 0.3) is 0 Å². The molecule has 1 saturated heterocycles. The van der Waals surface area contributed by atoms with Crippen molar-refractivity contribution in [1.82, 2.24) is 15.1 Å². The lowest BCUT2D eigenvalue weighted by molar-refractivity contribution is -0.131. The molecule has 2 aromatic rings. The Labute approximate surface area is 181 Å². The monoisotopic (exact) mass is 449 g/mol. The number of imide groups is 1. The van der Waals surface area contributed by atoms with Gasteiger partial charge in [-0.15, -0.1) is 0 Å². The summed E-state index contributed by atoms with van der Waals surface area (Å²) in [7, 11) is 2.85. The fourth-order valence-corrected chi connectivity index (χ4v) is 4.27. The van der Waals surface area contributed by atoms with E-state index in [0.29, 0.717) is 11.3 Å². The molecule has 0 aliphatic carbocycles. The minimum atomic E-state index is -1.60. The second kappa shape index (κ2) is 7.07. The number of fused-ring (bicyclic) bond motifs is 1. The Hall–Kier alpha value is -2.97. The van der Waals surface area contributed by atoms with E-state index in [1.165, 1.54) is 31.2 Å². The summed E-state index contributed by atoms with van der Waals surface area (Å²) >= 11 is 12.1. The summed E-state index contributed by atoms with van der Waals surface area (Å²) in [5.41, 5.74) is -0.0900. The smallest absolute Gasteiger partial charge is 0.325 e. The summed E-state index contributed by atoms with van der Waals surface area (Å²) in [4.78, 5) is 40.9. The molecule has 2 aliphatic heterocycles. The van der Waals surface area contributed by atoms with Gasteiger partial charge in [0.1, 0.15) is 5.75 Å². The summed E-state index contributed by atoms with van der Waals surface area (Å²) in [6, 6.07) is 7.27. The minimum absolute atomic E-state index is 0.0748. The molecule has 0 saturated carbocycles. The molecule has 0 bridgehead atoms. The highest BCUT2D eigenvalue weighted by Gasteiger charge is 2.53. The molecule has 8 nitrogen and oxygen atoms in total. The number of phenols is 1. The van der Waals surface area contributed by atoms with Crippen LogP contribution in [-0.2, 0) is 16.9 Å². The molecule has 4 amide bonds. The van der Waals surface area contributed by atoms with E-state index in [9.17, 15) is 19.5 Å². The maximum Gasteiger partial charge on any atom is 0.325 e. The van der Waals surface area contributed by atoms with Crippen LogP contribution in [0.1, 0.15) is 21.5 Å². The van der Waals surface area contributed by atoms with Gasteiger partial charge < -0.3 is 20.1 Å². The van der Waals surface area contributed by atoms with Gasteiger partial charge in [-0.05, 0) is 35.4 Å². The Bertz CT molecular complexity index is 1080. The van der Waals surface area contributed by atoms with Crippen LogP contribution < -0.4 is 10.1 Å². The maximum atomic E-state index is 13.1. The van der Waals surface area contributed by atoms with Crippen LogP contribution in [0.5, 0.6) is 11.5 Å². The first kappa shape index (κ1) is 20.3. The van der Waals surface area contributed by atoms with Gasteiger partial charge in [-0.3, -0.25) is 14.5 Å². The zero-order valence-corrected chi connectivity index (χ0v) is 17.5. The molecular weight excluding hydrogens is 433 g/mol. The van der Waals surface area contributed by atoms with E-state index in [0.717, 1.165) is 10.5 Å². The van der Waals surface area contributed by atoms with Crippen molar-refractivity contribution < 1.29 is 24.2 Å². The summed E-state index contributed by atoms with van der Waals surface area (Å²) in [5, 5.41) is 12.4. The number of benzene rings is 2. The van der Waals surface area contributed by atoms with Crippen LogP contribution in [-0.4, -0.2) is 53.5 Å². The number of hydrogen-bond acceptors (Lipinski definition) is 5. The average molecular weight is 450 g/mol.